The zero-order valence-corrected chi connectivity index (χ0v) is 16.8. The zero-order valence-electron chi connectivity index (χ0n) is 15.2. The molecule has 1 aliphatic heterocycles. The first-order chi connectivity index (χ1) is 14.4. The lowest BCUT2D eigenvalue weighted by atomic mass is 10.2. The van der Waals surface area contributed by atoms with Gasteiger partial charge in [-0.05, 0) is 48.5 Å². The molecule has 31 heavy (non-hydrogen) atoms. The highest BCUT2D eigenvalue weighted by Gasteiger charge is 2.40. The Labute approximate surface area is 175 Å². The van der Waals surface area contributed by atoms with Crippen LogP contribution >= 0.6 is 0 Å². The van der Waals surface area contributed by atoms with Gasteiger partial charge >= 0.3 is 5.97 Å². The number of carboxylic acids is 1. The van der Waals surface area contributed by atoms with Gasteiger partial charge in [-0.15, -0.1) is 0 Å². The predicted octanol–water partition coefficient (Wildman–Crippen LogP) is -0.0475. The van der Waals surface area contributed by atoms with Crippen LogP contribution in [0.5, 0.6) is 0 Å². The summed E-state index contributed by atoms with van der Waals surface area (Å²) in [5, 5.41) is 13.8. The lowest BCUT2D eigenvalue weighted by Gasteiger charge is -2.16. The largest absolute Gasteiger partial charge is 0.477 e. The van der Waals surface area contributed by atoms with Crippen molar-refractivity contribution in [1.29, 1.82) is 0 Å². The minimum Gasteiger partial charge on any atom is -0.477 e. The van der Waals surface area contributed by atoms with Crippen LogP contribution in [-0.4, -0.2) is 54.7 Å². The maximum absolute atomic E-state index is 12.7. The van der Waals surface area contributed by atoms with Crippen molar-refractivity contribution < 1.29 is 40.6 Å². The van der Waals surface area contributed by atoms with Gasteiger partial charge in [0.2, 0.25) is 0 Å². The predicted molar refractivity (Wildman–Crippen MR) is 106 cm³/mol. The number of nitrogens with zero attached hydrogens (tertiary/aromatic N) is 2. The number of nitrogens with one attached hydrogen (secondary N) is 2. The molecule has 3 rings (SSSR count). The number of carbonyl (C=O) groups excluding carboxylic acids is 1. The second kappa shape index (κ2) is 8.05. The van der Waals surface area contributed by atoms with Crippen molar-refractivity contribution >= 4 is 49.2 Å². The molecular weight excluding hydrogens is 456 g/mol. The summed E-state index contributed by atoms with van der Waals surface area (Å²) < 4.78 is 62.4. The second-order valence-corrected chi connectivity index (χ2v) is 8.95. The van der Waals surface area contributed by atoms with Crippen LogP contribution < -0.4 is 15.9 Å². The summed E-state index contributed by atoms with van der Waals surface area (Å²) in [4.78, 5) is 23.4. The molecule has 1 heterocycles. The molecule has 0 saturated carbocycles. The lowest BCUT2D eigenvalue weighted by Crippen LogP contribution is -2.48. The van der Waals surface area contributed by atoms with E-state index < -0.39 is 48.8 Å². The van der Waals surface area contributed by atoms with Crippen molar-refractivity contribution in [2.45, 2.75) is 15.8 Å². The fourth-order valence-electron chi connectivity index (χ4n) is 2.56. The molecule has 164 valence electrons. The van der Waals surface area contributed by atoms with Crippen molar-refractivity contribution in [1.82, 2.24) is 5.43 Å². The van der Waals surface area contributed by atoms with Gasteiger partial charge in [-0.1, -0.05) is 0 Å². The summed E-state index contributed by atoms with van der Waals surface area (Å²) >= 11 is 0. The molecule has 0 aromatic heterocycles. The average molecular weight is 470 g/mol. The van der Waals surface area contributed by atoms with E-state index in [-0.39, 0.29) is 16.3 Å². The standard InChI is InChI=1S/C16H14N4O9S2/c21-15-13(18-17-9-1-5-11(6-2-9)30(24,25)26)14(16(22)23)19-20(15)10-3-7-12(8-4-10)31(27,28)29/h1-8,13,17-18H,(H,22,23)(H,24,25,26)(H,27,28,29). The van der Waals surface area contributed by atoms with Crippen molar-refractivity contribution in [3.63, 3.8) is 0 Å². The fraction of sp³-hybridized carbons (Fsp3) is 0.0625. The highest BCUT2D eigenvalue weighted by molar-refractivity contribution is 7.86. The number of carboxylic acid groups (broad SMARTS) is 1. The number of carbonyl (C=O) groups is 2. The highest BCUT2D eigenvalue weighted by atomic mass is 32.2. The van der Waals surface area contributed by atoms with Gasteiger partial charge in [0.15, 0.2) is 11.8 Å². The van der Waals surface area contributed by atoms with Crippen LogP contribution in [0.4, 0.5) is 11.4 Å². The topological polar surface area (TPSA) is 203 Å². The van der Waals surface area contributed by atoms with Gasteiger partial charge in [-0.3, -0.25) is 13.9 Å². The van der Waals surface area contributed by atoms with Crippen LogP contribution in [0.3, 0.4) is 0 Å². The third-order valence-electron chi connectivity index (χ3n) is 4.05. The van der Waals surface area contributed by atoms with Gasteiger partial charge < -0.3 is 10.5 Å². The zero-order chi connectivity index (χ0) is 23.0. The van der Waals surface area contributed by atoms with Crippen LogP contribution in [-0.2, 0) is 29.8 Å². The molecule has 0 bridgehead atoms. The molecule has 2 aromatic rings. The number of amides is 1. The van der Waals surface area contributed by atoms with E-state index in [1.165, 1.54) is 12.1 Å². The summed E-state index contributed by atoms with van der Waals surface area (Å²) in [5.41, 5.74) is 4.76. The quantitative estimate of drug-likeness (QED) is 0.268. The summed E-state index contributed by atoms with van der Waals surface area (Å²) in [6.45, 7) is 0. The molecule has 15 heteroatoms. The Bertz CT molecular complexity index is 1270. The van der Waals surface area contributed by atoms with Crippen LogP contribution in [0.2, 0.25) is 0 Å². The van der Waals surface area contributed by atoms with Gasteiger partial charge in [-0.2, -0.15) is 26.9 Å². The van der Waals surface area contributed by atoms with Crippen LogP contribution in [0.1, 0.15) is 0 Å². The number of aliphatic carboxylic acids is 1. The maximum atomic E-state index is 12.7. The van der Waals surface area contributed by atoms with E-state index in [0.29, 0.717) is 0 Å². The number of rotatable bonds is 7. The third-order valence-corrected chi connectivity index (χ3v) is 5.78. The third kappa shape index (κ3) is 4.86. The number of hydrazine groups is 1. The molecule has 13 nitrogen and oxygen atoms in total. The van der Waals surface area contributed by atoms with E-state index in [1.54, 1.807) is 0 Å². The highest BCUT2D eigenvalue weighted by Crippen LogP contribution is 2.23. The molecule has 1 unspecified atom stereocenters. The lowest BCUT2D eigenvalue weighted by molar-refractivity contribution is -0.130. The SMILES string of the molecule is O=C(O)C1=NN(c2ccc(S(=O)(=O)O)cc2)C(=O)C1NNc1ccc(S(=O)(=O)O)cc1. The Morgan fingerprint density at radius 2 is 1.39 bits per heavy atom. The Morgan fingerprint density at radius 3 is 1.84 bits per heavy atom. The van der Waals surface area contributed by atoms with E-state index in [0.717, 1.165) is 41.4 Å². The Kier molecular flexibility index (Phi) is 5.79. The molecule has 5 N–H and O–H groups in total. The summed E-state index contributed by atoms with van der Waals surface area (Å²) in [6, 6.07) is 7.61. The minimum atomic E-state index is -4.45. The fourth-order valence-corrected chi connectivity index (χ4v) is 3.52. The molecule has 2 aromatic carbocycles. The Morgan fingerprint density at radius 1 is 0.903 bits per heavy atom. The summed E-state index contributed by atoms with van der Waals surface area (Å²) in [5.74, 6) is -2.30. The first-order valence-electron chi connectivity index (χ1n) is 8.20. The van der Waals surface area contributed by atoms with Crippen molar-refractivity contribution in [2.24, 2.45) is 5.10 Å². The molecule has 0 fully saturated rings. The first-order valence-corrected chi connectivity index (χ1v) is 11.1. The first kappa shape index (κ1) is 22.3. The van der Waals surface area contributed by atoms with Crippen molar-refractivity contribution in [3.8, 4) is 0 Å². The average Bonchev–Trinajstić information content (AvgIpc) is 3.02. The van der Waals surface area contributed by atoms with Crippen LogP contribution in [0.15, 0.2) is 63.4 Å². The van der Waals surface area contributed by atoms with E-state index in [4.69, 9.17) is 9.11 Å². The van der Waals surface area contributed by atoms with Gasteiger partial charge in [0.05, 0.1) is 15.5 Å². The summed E-state index contributed by atoms with van der Waals surface area (Å²) in [6.07, 6.45) is 0. The van der Waals surface area contributed by atoms with Crippen LogP contribution in [0.25, 0.3) is 0 Å². The van der Waals surface area contributed by atoms with E-state index in [2.05, 4.69) is 16.0 Å². The van der Waals surface area contributed by atoms with E-state index >= 15 is 0 Å². The molecular formula is C16H14N4O9S2. The number of hydrazone groups is 1. The number of benzene rings is 2. The Hall–Kier alpha value is -3.37. The number of hydrogen-bond donors (Lipinski definition) is 5. The van der Waals surface area contributed by atoms with Crippen LogP contribution in [0, 0.1) is 0 Å². The molecule has 1 atom stereocenters. The number of anilines is 2. The normalized spacial score (nSPS) is 16.8. The molecule has 0 radical (unpaired) electrons. The maximum Gasteiger partial charge on any atom is 0.354 e. The molecule has 1 amide bonds. The number of hydrogen-bond acceptors (Lipinski definition) is 9. The summed E-state index contributed by atoms with van der Waals surface area (Å²) in [7, 11) is -8.84. The monoisotopic (exact) mass is 470 g/mol. The molecule has 0 spiro atoms. The van der Waals surface area contributed by atoms with Gasteiger partial charge in [-0.25, -0.2) is 10.2 Å². The minimum absolute atomic E-state index is 0.0537. The second-order valence-electron chi connectivity index (χ2n) is 6.11. The van der Waals surface area contributed by atoms with Gasteiger partial charge in [0.25, 0.3) is 26.1 Å². The molecule has 0 aliphatic carbocycles. The molecule has 1 aliphatic rings. The van der Waals surface area contributed by atoms with Crippen molar-refractivity contribution in [3.05, 3.63) is 48.5 Å². The van der Waals surface area contributed by atoms with Crippen molar-refractivity contribution in [2.75, 3.05) is 10.4 Å². The van der Waals surface area contributed by atoms with E-state index in [1.807, 2.05) is 0 Å². The smallest absolute Gasteiger partial charge is 0.354 e. The van der Waals surface area contributed by atoms with E-state index in [9.17, 15) is 31.5 Å². The molecule has 0 saturated heterocycles. The Balaban J connectivity index is 1.79. The van der Waals surface area contributed by atoms with Gasteiger partial charge in [0.1, 0.15) is 0 Å². The van der Waals surface area contributed by atoms with Gasteiger partial charge in [0, 0.05) is 5.69 Å².